The van der Waals surface area contributed by atoms with Crippen molar-refractivity contribution in [2.45, 2.75) is 83.6 Å². The van der Waals surface area contributed by atoms with Crippen LogP contribution < -0.4 is 24.8 Å². The number of nitrogens with one attached hydrogen (secondary N) is 4. The second-order valence-electron chi connectivity index (χ2n) is 18.3. The minimum absolute atomic E-state index is 0.140. The zero-order valence-corrected chi connectivity index (χ0v) is 39.4. The molecule has 5 atom stereocenters. The number of aromatic nitrogens is 4. The SMILES string of the molecule is COC(=O)NC(C(=O)N1CCC[C@H]1c1ncc(-c2ccc3c(c2)OC(c2cccc(OC)c2)C2=C3COc3cc(-c4cnc([C@@H]5CCCN5C(=O)C(NC(=O)OC)C(C)C)[nH]4)ccc32)[nH]1)C(C)C. The zero-order valence-electron chi connectivity index (χ0n) is 39.4. The molecule has 4 N–H and O–H groups in total. The van der Waals surface area contributed by atoms with Gasteiger partial charge in [0.1, 0.15) is 47.6 Å². The summed E-state index contributed by atoms with van der Waals surface area (Å²) in [6, 6.07) is 18.1. The molecule has 0 saturated carbocycles. The van der Waals surface area contributed by atoms with Crippen LogP contribution in [0.15, 0.2) is 73.1 Å². The smallest absolute Gasteiger partial charge is 0.407 e. The van der Waals surface area contributed by atoms with E-state index in [0.29, 0.717) is 48.6 Å². The number of carbonyl (C=O) groups excluding carboxylic acids is 4. The number of fused-ring (bicyclic) bond motifs is 4. The van der Waals surface area contributed by atoms with Crippen molar-refractivity contribution in [2.75, 3.05) is 41.0 Å². The Morgan fingerprint density at radius 1 is 0.706 bits per heavy atom. The Bertz CT molecular complexity index is 2760. The third-order valence-corrected chi connectivity index (χ3v) is 13.5. The molecule has 2 fully saturated rings. The second kappa shape index (κ2) is 19.1. The van der Waals surface area contributed by atoms with Gasteiger partial charge in [-0.15, -0.1) is 0 Å². The molecule has 3 aromatic carbocycles. The van der Waals surface area contributed by atoms with Crippen LogP contribution in [0.5, 0.6) is 17.2 Å². The van der Waals surface area contributed by atoms with Crippen molar-refractivity contribution in [1.82, 2.24) is 40.4 Å². The quantitative estimate of drug-likeness (QED) is 0.0945. The van der Waals surface area contributed by atoms with Crippen molar-refractivity contribution in [3.63, 3.8) is 0 Å². The highest BCUT2D eigenvalue weighted by molar-refractivity contribution is 6.00. The van der Waals surface area contributed by atoms with Gasteiger partial charge in [0.15, 0.2) is 6.10 Å². The van der Waals surface area contributed by atoms with Gasteiger partial charge in [0, 0.05) is 52.1 Å². The molecule has 68 heavy (non-hydrogen) atoms. The van der Waals surface area contributed by atoms with E-state index in [2.05, 4.69) is 32.7 Å². The molecule has 0 bridgehead atoms. The Kier molecular flexibility index (Phi) is 12.9. The molecule has 3 unspecified atom stereocenters. The first kappa shape index (κ1) is 45.8. The van der Waals surface area contributed by atoms with E-state index in [1.165, 1.54) is 14.2 Å². The summed E-state index contributed by atoms with van der Waals surface area (Å²) in [4.78, 5) is 72.0. The fourth-order valence-electron chi connectivity index (χ4n) is 9.90. The molecule has 6 heterocycles. The van der Waals surface area contributed by atoms with Gasteiger partial charge in [0.05, 0.1) is 57.2 Å². The standard InChI is InChI=1S/C51H58N8O9/c1-27(2)43(56-50(62)65-6)48(60)58-19-9-13-38(58)46-52-24-36(54-46)29-16-18-34-40(22-29)67-26-35-33-17-15-30(23-41(33)68-45(42(34)35)31-11-8-12-32(21-31)64-5)37-25-53-47(55-37)39-14-10-20-59(39)49(61)44(28(3)4)57-51(63)66-7/h8,11-12,15-18,21-25,27-28,38-39,43-45H,9-10,13-14,19-20,26H2,1-7H3,(H,52,54)(H,53,55)(H,56,62)(H,57,63)/t38-,39-,43?,44?,45?/m0/s1. The average Bonchev–Trinajstić information content (AvgIpc) is 4.21. The Morgan fingerprint density at radius 3 is 1.78 bits per heavy atom. The highest BCUT2D eigenvalue weighted by atomic mass is 16.5. The summed E-state index contributed by atoms with van der Waals surface area (Å²) in [5.41, 5.74) is 8.02. The van der Waals surface area contributed by atoms with Gasteiger partial charge in [-0.05, 0) is 61.8 Å². The van der Waals surface area contributed by atoms with Crippen molar-refractivity contribution in [3.05, 3.63) is 101 Å². The number of benzene rings is 3. The molecule has 5 aromatic rings. The van der Waals surface area contributed by atoms with Crippen molar-refractivity contribution in [1.29, 1.82) is 0 Å². The number of imidazole rings is 2. The molecule has 4 aliphatic rings. The largest absolute Gasteiger partial charge is 0.497 e. The molecule has 9 rings (SSSR count). The van der Waals surface area contributed by atoms with E-state index >= 15 is 0 Å². The molecule has 2 saturated heterocycles. The molecule has 17 heteroatoms. The lowest BCUT2D eigenvalue weighted by Crippen LogP contribution is -2.51. The number of methoxy groups -OCH3 is 3. The van der Waals surface area contributed by atoms with Crippen molar-refractivity contribution < 1.29 is 42.9 Å². The number of amides is 4. The van der Waals surface area contributed by atoms with Crippen molar-refractivity contribution in [3.8, 4) is 39.8 Å². The van der Waals surface area contributed by atoms with E-state index < -0.39 is 30.4 Å². The van der Waals surface area contributed by atoms with E-state index in [9.17, 15) is 19.2 Å². The van der Waals surface area contributed by atoms with Gasteiger partial charge in [-0.25, -0.2) is 19.6 Å². The normalized spacial score (nSPS) is 19.3. The van der Waals surface area contributed by atoms with Gasteiger partial charge < -0.3 is 54.1 Å². The van der Waals surface area contributed by atoms with Gasteiger partial charge >= 0.3 is 12.2 Å². The number of hydrogen-bond donors (Lipinski definition) is 4. The number of rotatable bonds is 12. The molecule has 0 aliphatic carbocycles. The Balaban J connectivity index is 1.00. The summed E-state index contributed by atoms with van der Waals surface area (Å²) in [5, 5.41) is 5.42. The molecule has 17 nitrogen and oxygen atoms in total. The lowest BCUT2D eigenvalue weighted by Gasteiger charge is -2.35. The van der Waals surface area contributed by atoms with Gasteiger partial charge in [-0.3, -0.25) is 9.59 Å². The van der Waals surface area contributed by atoms with E-state index in [0.717, 1.165) is 76.0 Å². The van der Waals surface area contributed by atoms with Gasteiger partial charge in [0.25, 0.3) is 0 Å². The maximum atomic E-state index is 13.8. The maximum Gasteiger partial charge on any atom is 0.407 e. The summed E-state index contributed by atoms with van der Waals surface area (Å²) in [6.07, 6.45) is 4.87. The lowest BCUT2D eigenvalue weighted by atomic mass is 9.83. The van der Waals surface area contributed by atoms with Gasteiger partial charge in [0.2, 0.25) is 11.8 Å². The minimum atomic E-state index is -0.731. The number of hydrogen-bond acceptors (Lipinski definition) is 11. The number of nitrogens with zero attached hydrogens (tertiary/aromatic N) is 4. The first-order chi connectivity index (χ1) is 32.9. The zero-order chi connectivity index (χ0) is 47.8. The highest BCUT2D eigenvalue weighted by Crippen LogP contribution is 2.52. The predicted molar refractivity (Wildman–Crippen MR) is 252 cm³/mol. The summed E-state index contributed by atoms with van der Waals surface area (Å²) < 4.78 is 28.9. The third kappa shape index (κ3) is 8.72. The fourth-order valence-corrected chi connectivity index (χ4v) is 9.90. The molecular weight excluding hydrogens is 869 g/mol. The van der Waals surface area contributed by atoms with Gasteiger partial charge in [-0.2, -0.15) is 0 Å². The maximum absolute atomic E-state index is 13.8. The van der Waals surface area contributed by atoms with Crippen LogP contribution in [0.4, 0.5) is 9.59 Å². The van der Waals surface area contributed by atoms with Crippen LogP contribution in [0.3, 0.4) is 0 Å². The molecule has 2 aromatic heterocycles. The first-order valence-corrected chi connectivity index (χ1v) is 23.2. The third-order valence-electron chi connectivity index (χ3n) is 13.5. The van der Waals surface area contributed by atoms with Gasteiger partial charge in [-0.1, -0.05) is 64.1 Å². The van der Waals surface area contributed by atoms with E-state index in [1.54, 1.807) is 29.3 Å². The van der Waals surface area contributed by atoms with Crippen molar-refractivity contribution in [2.24, 2.45) is 11.8 Å². The molecule has 356 valence electrons. The van der Waals surface area contributed by atoms with Crippen LogP contribution in [0, 0.1) is 11.8 Å². The Labute approximate surface area is 394 Å². The summed E-state index contributed by atoms with van der Waals surface area (Å²) in [7, 11) is 4.22. The highest BCUT2D eigenvalue weighted by Gasteiger charge is 2.40. The lowest BCUT2D eigenvalue weighted by molar-refractivity contribution is -0.136. The summed E-state index contributed by atoms with van der Waals surface area (Å²) in [6.45, 7) is 8.99. The van der Waals surface area contributed by atoms with Crippen molar-refractivity contribution >= 4 is 35.1 Å². The molecule has 0 radical (unpaired) electrons. The van der Waals surface area contributed by atoms with Crippen LogP contribution in [-0.4, -0.2) is 107 Å². The molecule has 4 aliphatic heterocycles. The van der Waals surface area contributed by atoms with Crippen LogP contribution in [0.2, 0.25) is 0 Å². The number of alkyl carbamates (subject to hydrolysis) is 2. The molecule has 4 amide bonds. The van der Waals surface area contributed by atoms with Crippen LogP contribution >= 0.6 is 0 Å². The van der Waals surface area contributed by atoms with E-state index in [4.69, 9.17) is 33.7 Å². The van der Waals surface area contributed by atoms with Crippen LogP contribution in [0.1, 0.15) is 99.9 Å². The Morgan fingerprint density at radius 2 is 1.25 bits per heavy atom. The minimum Gasteiger partial charge on any atom is -0.497 e. The van der Waals surface area contributed by atoms with E-state index in [-0.39, 0.29) is 35.7 Å². The number of ether oxygens (including phenoxy) is 5. The Hall–Kier alpha value is -7.30. The monoisotopic (exact) mass is 926 g/mol. The van der Waals surface area contributed by atoms with E-state index in [1.807, 2.05) is 76.2 Å². The average molecular weight is 927 g/mol. The van der Waals surface area contributed by atoms with Crippen LogP contribution in [0.25, 0.3) is 33.7 Å². The molecular formula is C51H58N8O9. The number of aromatic amines is 2. The first-order valence-electron chi connectivity index (χ1n) is 23.2. The number of H-pyrrole nitrogens is 2. The number of carbonyl (C=O) groups is 4. The second-order valence-corrected chi connectivity index (χ2v) is 18.3. The topological polar surface area (TPSA) is 202 Å². The number of likely N-dealkylation sites (tertiary alicyclic amines) is 2. The summed E-state index contributed by atoms with van der Waals surface area (Å²) >= 11 is 0. The fraction of sp³-hybridized carbons (Fsp3) is 0.412. The molecule has 0 spiro atoms. The predicted octanol–water partition coefficient (Wildman–Crippen LogP) is 8.00. The summed E-state index contributed by atoms with van der Waals surface area (Å²) in [5.74, 6) is 2.82. The van der Waals surface area contributed by atoms with Crippen LogP contribution in [-0.2, 0) is 19.1 Å².